The SMILES string of the molecule is N#Cc1ccc(C(=O)Nc2ccc(OCC[NH+](CCOc3ccc(NC(=O)c4ccc(C#N)cc4)cc3)CCOc3ccc(NC(=O)c4ccc(C#N)cc4)cc3)cc2)cc1.N#Cc1ccc(C(=O)Nc2ccc(OCC[NH+](CCOc3ccc(NC(=O)c4ccc(C#N)cc4)cc3)CCOc3ccc(NC(=O)c4ccc(C#N)cc4)cc3)cc2)cc1.[O-][Cl+3]([O-])([O-])[O-].[O-][Cl+3]([O-])([O-])[O-]. The van der Waals surface area contributed by atoms with Crippen LogP contribution in [0.25, 0.3) is 0 Å². The Balaban J connectivity index is 0.000000269. The molecule has 668 valence electrons. The second-order valence-corrected chi connectivity index (χ2v) is 29.4. The number of ether oxygens (including phenoxy) is 6. The number of quaternary nitrogens is 2. The number of benzene rings is 12. The highest BCUT2D eigenvalue weighted by Crippen LogP contribution is 2.24. The van der Waals surface area contributed by atoms with Crippen molar-refractivity contribution in [2.45, 2.75) is 0 Å². The minimum Gasteiger partial charge on any atom is -0.488 e. The van der Waals surface area contributed by atoms with Crippen LogP contribution in [0, 0.1) is 88.5 Å². The van der Waals surface area contributed by atoms with Gasteiger partial charge in [-0.15, -0.1) is 20.5 Å². The summed E-state index contributed by atoms with van der Waals surface area (Å²) in [5.74, 6) is 2.13. The average Bonchev–Trinajstić information content (AvgIpc) is 0.881. The summed E-state index contributed by atoms with van der Waals surface area (Å²) >= 11 is 0. The Kier molecular flexibility index (Phi) is 38.5. The minimum absolute atomic E-state index is 0.286. The molecule has 12 rings (SSSR count). The van der Waals surface area contributed by atoms with Crippen molar-refractivity contribution in [2.75, 3.05) is 111 Å². The van der Waals surface area contributed by atoms with Crippen molar-refractivity contribution < 1.29 is 125 Å². The van der Waals surface area contributed by atoms with Crippen LogP contribution in [0.4, 0.5) is 34.1 Å². The number of nitrogens with zero attached hydrogens (tertiary/aromatic N) is 6. The fraction of sp³-hybridized carbons (Fsp3) is 0.125. The van der Waals surface area contributed by atoms with Gasteiger partial charge in [-0.1, -0.05) is 0 Å². The first-order valence-electron chi connectivity index (χ1n) is 39.7. The second-order valence-electron chi connectivity index (χ2n) is 27.9. The summed E-state index contributed by atoms with van der Waals surface area (Å²) in [5, 5.41) is 71.1. The van der Waals surface area contributed by atoms with Gasteiger partial charge in [-0.2, -0.15) is 31.6 Å². The lowest BCUT2D eigenvalue weighted by Crippen LogP contribution is -3.13. The van der Waals surface area contributed by atoms with Crippen LogP contribution >= 0.6 is 0 Å². The Hall–Kier alpha value is -16.6. The summed E-state index contributed by atoms with van der Waals surface area (Å²) in [7, 11) is -9.89. The molecule has 0 fully saturated rings. The molecule has 0 bridgehead atoms. The molecular formula is C96H80Cl2N14O20. The number of rotatable bonds is 36. The number of hydrogen-bond acceptors (Lipinski definition) is 26. The maximum absolute atomic E-state index is 12.6. The Morgan fingerprint density at radius 2 is 0.326 bits per heavy atom. The van der Waals surface area contributed by atoms with Crippen LogP contribution in [0.15, 0.2) is 291 Å². The fourth-order valence-electron chi connectivity index (χ4n) is 11.8. The standard InChI is InChI=1S/2C48H39N7O6.2ClHO4/c2*49-31-34-1-7-37(8-2-34)46(56)52-40-13-19-43(20-14-40)59-28-25-55(26-29-60-44-21-15-41(16-22-44)53-47(57)38-9-3-35(32-50)4-10-38)27-30-61-45-23-17-42(18-24-45)54-48(58)39-11-5-36(33-51)6-12-39;2*2-1(3,4)5/h2*1-24H,25-30H2,(H,52,56)(H,53,57)(H,54,58);2*(H,2,3,4,5). The van der Waals surface area contributed by atoms with Crippen LogP contribution in [-0.4, -0.2) is 114 Å². The van der Waals surface area contributed by atoms with E-state index in [0.29, 0.717) is 214 Å². The van der Waals surface area contributed by atoms with Crippen molar-refractivity contribution in [3.63, 3.8) is 0 Å². The molecular weight excluding hydrogens is 1740 g/mol. The predicted molar refractivity (Wildman–Crippen MR) is 457 cm³/mol. The van der Waals surface area contributed by atoms with Gasteiger partial charge in [0.25, 0.3) is 35.4 Å². The number of anilines is 6. The van der Waals surface area contributed by atoms with E-state index in [4.69, 9.17) is 97.3 Å². The van der Waals surface area contributed by atoms with Gasteiger partial charge in [-0.3, -0.25) is 28.8 Å². The molecule has 12 aromatic carbocycles. The van der Waals surface area contributed by atoms with Gasteiger partial charge in [-0.05, 0) is 291 Å². The normalized spacial score (nSPS) is 10.5. The first-order valence-corrected chi connectivity index (χ1v) is 42.2. The number of nitrogens with one attached hydrogen (secondary N) is 8. The quantitative estimate of drug-likeness (QED) is 0.0279. The zero-order chi connectivity index (χ0) is 94.6. The summed E-state index contributed by atoms with van der Waals surface area (Å²) < 4.78 is 104. The number of carbonyl (C=O) groups excluding carboxylic acids is 6. The Bertz CT molecular complexity index is 5110. The molecule has 0 aliphatic heterocycles. The lowest BCUT2D eigenvalue weighted by Gasteiger charge is -2.20. The van der Waals surface area contributed by atoms with Gasteiger partial charge in [0.05, 0.1) is 69.8 Å². The number of hydrogen-bond donors (Lipinski definition) is 8. The first kappa shape index (κ1) is 99.2. The van der Waals surface area contributed by atoms with Gasteiger partial charge >= 0.3 is 0 Å². The number of halogens is 2. The van der Waals surface area contributed by atoms with Crippen LogP contribution in [0.1, 0.15) is 95.5 Å². The lowest BCUT2D eigenvalue weighted by molar-refractivity contribution is -2.00. The molecule has 0 heterocycles. The molecule has 0 aromatic heterocycles. The van der Waals surface area contributed by atoms with Crippen molar-refractivity contribution in [3.8, 4) is 70.9 Å². The zero-order valence-electron chi connectivity index (χ0n) is 69.8. The number of amides is 6. The van der Waals surface area contributed by atoms with Gasteiger partial charge in [0.2, 0.25) is 0 Å². The highest BCUT2D eigenvalue weighted by atomic mass is 35.7. The molecule has 0 unspecified atom stereocenters. The molecule has 0 saturated heterocycles. The zero-order valence-corrected chi connectivity index (χ0v) is 71.3. The van der Waals surface area contributed by atoms with Crippen LogP contribution in [0.2, 0.25) is 0 Å². The topological polar surface area (TPSA) is 566 Å². The molecule has 132 heavy (non-hydrogen) atoms. The molecule has 0 atom stereocenters. The van der Waals surface area contributed by atoms with Gasteiger partial charge in [0, 0.05) is 67.5 Å². The van der Waals surface area contributed by atoms with E-state index in [-0.39, 0.29) is 35.4 Å². The van der Waals surface area contributed by atoms with Crippen molar-refractivity contribution in [3.05, 3.63) is 358 Å². The molecule has 0 aliphatic carbocycles. The van der Waals surface area contributed by atoms with Gasteiger partial charge in [-0.25, -0.2) is 37.3 Å². The van der Waals surface area contributed by atoms with Crippen LogP contribution in [0.3, 0.4) is 0 Å². The van der Waals surface area contributed by atoms with E-state index in [0.717, 1.165) is 9.80 Å². The van der Waals surface area contributed by atoms with E-state index in [1.807, 2.05) is 36.4 Å². The molecule has 36 heteroatoms. The number of nitriles is 6. The summed E-state index contributed by atoms with van der Waals surface area (Å²) in [6, 6.07) is 93.2. The molecule has 12 aromatic rings. The molecule has 34 nitrogen and oxygen atoms in total. The van der Waals surface area contributed by atoms with Crippen molar-refractivity contribution in [1.82, 2.24) is 0 Å². The second kappa shape index (κ2) is 51.3. The van der Waals surface area contributed by atoms with Crippen molar-refractivity contribution >= 4 is 69.6 Å². The Morgan fingerprint density at radius 1 is 0.212 bits per heavy atom. The largest absolute Gasteiger partial charge is 0.488 e. The molecule has 0 spiro atoms. The average molecular weight is 1820 g/mol. The van der Waals surface area contributed by atoms with Gasteiger partial charge < -0.3 is 70.1 Å². The van der Waals surface area contributed by atoms with Crippen LogP contribution < -0.4 is 107 Å². The van der Waals surface area contributed by atoms with E-state index in [9.17, 15) is 28.8 Å². The van der Waals surface area contributed by atoms with E-state index in [1.54, 1.807) is 291 Å². The summed E-state index contributed by atoms with van der Waals surface area (Å²) in [6.45, 7) is 6.16. The summed E-state index contributed by atoms with van der Waals surface area (Å²) in [5.41, 5.74) is 9.15. The predicted octanol–water partition coefficient (Wildman–Crippen LogP) is 3.45. The van der Waals surface area contributed by atoms with Crippen LogP contribution in [-0.2, 0) is 0 Å². The molecule has 0 aliphatic rings. The molecule has 6 amide bonds. The first-order chi connectivity index (χ1) is 63.6. The minimum atomic E-state index is -4.94. The summed E-state index contributed by atoms with van der Waals surface area (Å²) in [6.07, 6.45) is 0. The van der Waals surface area contributed by atoms with Crippen molar-refractivity contribution in [1.29, 1.82) is 31.6 Å². The van der Waals surface area contributed by atoms with Gasteiger partial charge in [0.1, 0.15) is 113 Å². The van der Waals surface area contributed by atoms with E-state index in [2.05, 4.69) is 31.9 Å². The van der Waals surface area contributed by atoms with E-state index >= 15 is 0 Å². The Labute approximate surface area is 761 Å². The Morgan fingerprint density at radius 3 is 0.432 bits per heavy atom. The van der Waals surface area contributed by atoms with Crippen LogP contribution in [0.5, 0.6) is 34.5 Å². The highest BCUT2D eigenvalue weighted by Gasteiger charge is 2.18. The lowest BCUT2D eigenvalue weighted by atomic mass is 10.1. The van der Waals surface area contributed by atoms with E-state index < -0.39 is 20.5 Å². The van der Waals surface area contributed by atoms with E-state index in [1.165, 1.54) is 0 Å². The third kappa shape index (κ3) is 36.0. The highest BCUT2D eigenvalue weighted by molar-refractivity contribution is 6.07. The van der Waals surface area contributed by atoms with Crippen molar-refractivity contribution in [2.24, 2.45) is 0 Å². The maximum atomic E-state index is 12.6. The fourth-order valence-corrected chi connectivity index (χ4v) is 11.8. The maximum Gasteiger partial charge on any atom is 0.255 e. The summed E-state index contributed by atoms with van der Waals surface area (Å²) in [4.78, 5) is 78.2. The monoisotopic (exact) mass is 1820 g/mol. The molecule has 0 saturated carbocycles. The third-order valence-electron chi connectivity index (χ3n) is 18.7. The molecule has 8 N–H and O–H groups in total. The third-order valence-corrected chi connectivity index (χ3v) is 18.7. The van der Waals surface area contributed by atoms with Gasteiger partial charge in [0.15, 0.2) is 0 Å². The number of carbonyl (C=O) groups is 6. The smallest absolute Gasteiger partial charge is 0.255 e. The molecule has 0 radical (unpaired) electrons.